The quantitative estimate of drug-likeness (QED) is 0.0645. The Morgan fingerprint density at radius 3 is 2.60 bits per heavy atom. The van der Waals surface area contributed by atoms with Crippen molar-refractivity contribution in [2.24, 2.45) is 0 Å². The number of rotatable bonds is 9. The van der Waals surface area contributed by atoms with E-state index >= 15 is 0 Å². The lowest BCUT2D eigenvalue weighted by Gasteiger charge is -2.23. The van der Waals surface area contributed by atoms with Crippen molar-refractivity contribution in [2.75, 3.05) is 12.0 Å². The van der Waals surface area contributed by atoms with Crippen molar-refractivity contribution in [3.05, 3.63) is 117 Å². The molecule has 0 aliphatic carbocycles. The number of nitrogens with zero attached hydrogens (tertiary/aromatic N) is 4. The summed E-state index contributed by atoms with van der Waals surface area (Å²) in [6.45, 7) is 0. The molecular formula is C29H19FN4O7S2. The van der Waals surface area contributed by atoms with Gasteiger partial charge in [0.25, 0.3) is 11.6 Å². The van der Waals surface area contributed by atoms with Gasteiger partial charge in [-0.15, -0.1) is 10.2 Å². The molecule has 3 aromatic carbocycles. The van der Waals surface area contributed by atoms with E-state index in [9.17, 15) is 29.2 Å². The number of thioether (sulfide) groups is 1. The third-order valence-electron chi connectivity index (χ3n) is 6.70. The number of carbonyl (C=O) groups is 2. The van der Waals surface area contributed by atoms with Gasteiger partial charge in [0.1, 0.15) is 5.82 Å². The van der Waals surface area contributed by atoms with Gasteiger partial charge >= 0.3 is 0 Å². The minimum atomic E-state index is -1.20. The number of non-ortho nitro benzene ring substituents is 1. The molecule has 1 aliphatic heterocycles. The topological polar surface area (TPSA) is 149 Å². The summed E-state index contributed by atoms with van der Waals surface area (Å²) in [5.41, 5.74) is 0.996. The van der Waals surface area contributed by atoms with Crippen LogP contribution in [-0.2, 0) is 10.5 Å². The fourth-order valence-corrected chi connectivity index (χ4v) is 6.48. The summed E-state index contributed by atoms with van der Waals surface area (Å²) < 4.78 is 24.9. The Morgan fingerprint density at radius 2 is 1.91 bits per heavy atom. The number of aliphatic hydroxyl groups is 1. The van der Waals surface area contributed by atoms with Gasteiger partial charge in [0, 0.05) is 23.3 Å². The highest BCUT2D eigenvalue weighted by atomic mass is 32.2. The number of nitro groups is 1. The molecule has 43 heavy (non-hydrogen) atoms. The van der Waals surface area contributed by atoms with Gasteiger partial charge < -0.3 is 14.3 Å². The highest BCUT2D eigenvalue weighted by molar-refractivity contribution is 8.00. The Morgan fingerprint density at radius 1 is 1.16 bits per heavy atom. The van der Waals surface area contributed by atoms with Crippen LogP contribution in [0.4, 0.5) is 15.2 Å². The van der Waals surface area contributed by atoms with E-state index in [4.69, 9.17) is 9.15 Å². The number of hydrogen-bond acceptors (Lipinski definition) is 11. The number of ether oxygens (including phenoxy) is 1. The zero-order valence-electron chi connectivity index (χ0n) is 22.1. The minimum absolute atomic E-state index is 0.0931. The summed E-state index contributed by atoms with van der Waals surface area (Å²) in [5, 5.41) is 31.3. The van der Waals surface area contributed by atoms with Crippen molar-refractivity contribution in [3.63, 3.8) is 0 Å². The van der Waals surface area contributed by atoms with Crippen molar-refractivity contribution >= 4 is 56.6 Å². The molecule has 0 spiro atoms. The maximum atomic E-state index is 13.9. The first-order chi connectivity index (χ1) is 20.7. The second kappa shape index (κ2) is 11.3. The molecule has 0 saturated carbocycles. The van der Waals surface area contributed by atoms with E-state index in [1.165, 1.54) is 61.3 Å². The molecule has 5 aromatic rings. The van der Waals surface area contributed by atoms with Crippen LogP contribution in [-0.4, -0.2) is 39.0 Å². The van der Waals surface area contributed by atoms with Crippen LogP contribution in [0, 0.1) is 15.9 Å². The second-order valence-electron chi connectivity index (χ2n) is 9.27. The van der Waals surface area contributed by atoms with E-state index in [0.29, 0.717) is 32.4 Å². The standard InChI is InChI=1S/C29H19FN4O7S2/c1-40-20-4-2-3-17-13-21(41-26(17)20)24(35)22-23(16-7-11-19(12-8-16)34(38)39)33(27(37)25(22)36)28-31-32-29(43-28)42-14-15-5-9-18(30)10-6-15/h2-13,23,36H,14H2,1H3. The van der Waals surface area contributed by atoms with Crippen LogP contribution < -0.4 is 9.64 Å². The molecule has 1 unspecified atom stereocenters. The number of furan rings is 1. The van der Waals surface area contributed by atoms with E-state index in [1.54, 1.807) is 30.3 Å². The lowest BCUT2D eigenvalue weighted by Crippen LogP contribution is -2.31. The molecule has 0 radical (unpaired) electrons. The number of aromatic nitrogens is 2. The smallest absolute Gasteiger partial charge is 0.296 e. The molecule has 14 heteroatoms. The second-order valence-corrected chi connectivity index (χ2v) is 11.5. The SMILES string of the molecule is COc1cccc2cc(C(=O)C3=C(O)C(=O)N(c4nnc(SCc5ccc(F)cc5)s4)C3c3ccc([N+](=O)[O-])cc3)oc12. The van der Waals surface area contributed by atoms with E-state index < -0.39 is 28.4 Å². The van der Waals surface area contributed by atoms with Crippen molar-refractivity contribution in [1.29, 1.82) is 0 Å². The van der Waals surface area contributed by atoms with E-state index in [2.05, 4.69) is 10.2 Å². The van der Waals surface area contributed by atoms with E-state index in [-0.39, 0.29) is 28.0 Å². The molecule has 6 rings (SSSR count). The highest BCUT2D eigenvalue weighted by Crippen LogP contribution is 2.44. The number of halogens is 1. The van der Waals surface area contributed by atoms with Crippen LogP contribution in [0.5, 0.6) is 5.75 Å². The maximum Gasteiger partial charge on any atom is 0.296 e. The van der Waals surface area contributed by atoms with Crippen molar-refractivity contribution in [1.82, 2.24) is 10.2 Å². The van der Waals surface area contributed by atoms with Gasteiger partial charge in [0.05, 0.1) is 23.6 Å². The van der Waals surface area contributed by atoms with Crippen LogP contribution in [0.3, 0.4) is 0 Å². The van der Waals surface area contributed by atoms with Gasteiger partial charge in [-0.05, 0) is 47.5 Å². The van der Waals surface area contributed by atoms with Gasteiger partial charge in [0.15, 0.2) is 27.2 Å². The number of nitro benzene ring substituents is 1. The molecule has 1 N–H and O–H groups in total. The average Bonchev–Trinajstić information content (AvgIpc) is 3.73. The number of hydrogen-bond donors (Lipinski definition) is 1. The summed E-state index contributed by atoms with van der Waals surface area (Å²) in [4.78, 5) is 39.2. The van der Waals surface area contributed by atoms with Crippen molar-refractivity contribution < 1.29 is 33.2 Å². The van der Waals surface area contributed by atoms with Gasteiger partial charge in [-0.25, -0.2) is 4.39 Å². The van der Waals surface area contributed by atoms with Crippen LogP contribution in [0.15, 0.2) is 92.9 Å². The predicted octanol–water partition coefficient (Wildman–Crippen LogP) is 6.42. The lowest BCUT2D eigenvalue weighted by atomic mass is 9.95. The first kappa shape index (κ1) is 28.1. The minimum Gasteiger partial charge on any atom is -0.503 e. The summed E-state index contributed by atoms with van der Waals surface area (Å²) in [6.07, 6.45) is 0. The molecule has 1 aliphatic rings. The average molecular weight is 619 g/mol. The number of Topliss-reactive ketones (excluding diaryl/α,β-unsaturated/α-hetero) is 1. The van der Waals surface area contributed by atoms with Crippen LogP contribution in [0.2, 0.25) is 0 Å². The fraction of sp³-hybridized carbons (Fsp3) is 0.103. The summed E-state index contributed by atoms with van der Waals surface area (Å²) in [6, 6.07) is 16.7. The maximum absolute atomic E-state index is 13.9. The van der Waals surface area contributed by atoms with Crippen molar-refractivity contribution in [3.8, 4) is 5.75 Å². The number of ketones is 1. The Balaban J connectivity index is 1.38. The summed E-state index contributed by atoms with van der Waals surface area (Å²) >= 11 is 2.37. The lowest BCUT2D eigenvalue weighted by molar-refractivity contribution is -0.384. The summed E-state index contributed by atoms with van der Waals surface area (Å²) in [5.74, 6) is -2.11. The summed E-state index contributed by atoms with van der Waals surface area (Å²) in [7, 11) is 1.46. The molecular weight excluding hydrogens is 599 g/mol. The number of para-hydroxylation sites is 1. The predicted molar refractivity (Wildman–Crippen MR) is 156 cm³/mol. The van der Waals surface area contributed by atoms with Crippen LogP contribution >= 0.6 is 23.1 Å². The van der Waals surface area contributed by atoms with E-state index in [0.717, 1.165) is 21.8 Å². The van der Waals surface area contributed by atoms with Gasteiger partial charge in [0.2, 0.25) is 10.9 Å². The van der Waals surface area contributed by atoms with Crippen LogP contribution in [0.25, 0.3) is 11.0 Å². The number of benzene rings is 3. The first-order valence-electron chi connectivity index (χ1n) is 12.6. The van der Waals surface area contributed by atoms with E-state index in [1.807, 2.05) is 0 Å². The molecule has 0 fully saturated rings. The first-order valence-corrected chi connectivity index (χ1v) is 14.4. The number of anilines is 1. The molecule has 11 nitrogen and oxygen atoms in total. The Bertz CT molecular complexity index is 1920. The van der Waals surface area contributed by atoms with Crippen molar-refractivity contribution in [2.45, 2.75) is 16.1 Å². The number of carbonyl (C=O) groups excluding carboxylic acids is 2. The fourth-order valence-electron chi connectivity index (χ4n) is 4.65. The monoisotopic (exact) mass is 618 g/mol. The third-order valence-corrected chi connectivity index (χ3v) is 8.83. The molecule has 3 heterocycles. The molecule has 1 amide bonds. The Kier molecular flexibility index (Phi) is 7.38. The Labute approximate surface area is 250 Å². The van der Waals surface area contributed by atoms with Gasteiger partial charge in [-0.2, -0.15) is 0 Å². The number of aliphatic hydroxyl groups excluding tert-OH is 1. The molecule has 0 saturated heterocycles. The normalized spacial score (nSPS) is 15.0. The Hall–Kier alpha value is -5.08. The highest BCUT2D eigenvalue weighted by Gasteiger charge is 2.47. The van der Waals surface area contributed by atoms with Gasteiger partial charge in [-0.1, -0.05) is 47.4 Å². The largest absolute Gasteiger partial charge is 0.503 e. The number of fused-ring (bicyclic) bond motifs is 1. The number of amides is 1. The zero-order chi connectivity index (χ0) is 30.2. The van der Waals surface area contributed by atoms with Crippen LogP contribution in [0.1, 0.15) is 27.7 Å². The van der Waals surface area contributed by atoms with Gasteiger partial charge in [-0.3, -0.25) is 24.6 Å². The molecule has 1 atom stereocenters. The molecule has 216 valence electrons. The number of methoxy groups -OCH3 is 1. The molecule has 2 aromatic heterocycles. The zero-order valence-corrected chi connectivity index (χ0v) is 23.7. The molecule has 0 bridgehead atoms. The third kappa shape index (κ3) is 5.21.